The molecule has 102 valence electrons. The summed E-state index contributed by atoms with van der Waals surface area (Å²) >= 11 is 0. The highest BCUT2D eigenvalue weighted by Crippen LogP contribution is 2.22. The lowest BCUT2D eigenvalue weighted by Gasteiger charge is -2.19. The van der Waals surface area contributed by atoms with Gasteiger partial charge in [0.1, 0.15) is 5.75 Å². The minimum absolute atomic E-state index is 0.0896. The van der Waals surface area contributed by atoms with E-state index in [1.54, 1.807) is 12.1 Å². The lowest BCUT2D eigenvalue weighted by atomic mass is 10.1. The maximum absolute atomic E-state index is 9.25. The predicted octanol–water partition coefficient (Wildman–Crippen LogP) is 4.83. The molecule has 0 aliphatic heterocycles. The van der Waals surface area contributed by atoms with Crippen LogP contribution in [0.25, 0.3) is 0 Å². The van der Waals surface area contributed by atoms with Gasteiger partial charge in [-0.25, -0.2) is 0 Å². The highest BCUT2D eigenvalue weighted by molar-refractivity contribution is 5.27. The van der Waals surface area contributed by atoms with Crippen LogP contribution < -0.4 is 0 Å². The molecule has 0 spiro atoms. The first kappa shape index (κ1) is 15.0. The normalized spacial score (nSPS) is 14.4. The first-order chi connectivity index (χ1) is 8.63. The lowest BCUT2D eigenvalue weighted by molar-refractivity contribution is 0.00161. The Bertz CT molecular complexity index is 318. The van der Waals surface area contributed by atoms with E-state index in [0.717, 1.165) is 12.0 Å². The summed E-state index contributed by atoms with van der Waals surface area (Å²) in [6.45, 7) is 6.44. The molecule has 0 aliphatic rings. The molecule has 18 heavy (non-hydrogen) atoms. The smallest absolute Gasteiger partial charge is 0.115 e. The third-order valence-corrected chi connectivity index (χ3v) is 3.26. The van der Waals surface area contributed by atoms with Gasteiger partial charge in [-0.05, 0) is 38.0 Å². The molecule has 0 aromatic heterocycles. The van der Waals surface area contributed by atoms with Crippen LogP contribution in [0, 0.1) is 0 Å². The van der Waals surface area contributed by atoms with Crippen molar-refractivity contribution in [3.8, 4) is 5.75 Å². The van der Waals surface area contributed by atoms with Crippen LogP contribution in [0.3, 0.4) is 0 Å². The zero-order chi connectivity index (χ0) is 13.4. The average Bonchev–Trinajstić information content (AvgIpc) is 2.35. The quantitative estimate of drug-likeness (QED) is 0.670. The van der Waals surface area contributed by atoms with E-state index in [-0.39, 0.29) is 6.10 Å². The third-order valence-electron chi connectivity index (χ3n) is 3.26. The Morgan fingerprint density at radius 1 is 1.06 bits per heavy atom. The highest BCUT2D eigenvalue weighted by Gasteiger charge is 2.10. The maximum atomic E-state index is 9.25. The van der Waals surface area contributed by atoms with Crippen molar-refractivity contribution in [3.63, 3.8) is 0 Å². The fourth-order valence-corrected chi connectivity index (χ4v) is 2.10. The van der Waals surface area contributed by atoms with Crippen molar-refractivity contribution in [2.24, 2.45) is 0 Å². The molecule has 1 rings (SSSR count). The molecule has 1 aromatic carbocycles. The van der Waals surface area contributed by atoms with E-state index in [4.69, 9.17) is 4.74 Å². The van der Waals surface area contributed by atoms with E-state index < -0.39 is 0 Å². The van der Waals surface area contributed by atoms with Crippen LogP contribution in [0.15, 0.2) is 24.3 Å². The number of phenolic OH excluding ortho intramolecular Hbond substituents is 1. The van der Waals surface area contributed by atoms with E-state index in [1.807, 2.05) is 12.1 Å². The summed E-state index contributed by atoms with van der Waals surface area (Å²) in [7, 11) is 0. The Hall–Kier alpha value is -1.02. The van der Waals surface area contributed by atoms with E-state index in [9.17, 15) is 5.11 Å². The van der Waals surface area contributed by atoms with Gasteiger partial charge in [0, 0.05) is 0 Å². The number of unbranched alkanes of at least 4 members (excludes halogenated alkanes) is 3. The molecule has 0 saturated carbocycles. The summed E-state index contributed by atoms with van der Waals surface area (Å²) in [4.78, 5) is 0. The molecular formula is C16H26O2. The summed E-state index contributed by atoms with van der Waals surface area (Å²) in [6.07, 6.45) is 6.66. The van der Waals surface area contributed by atoms with Gasteiger partial charge in [0.25, 0.3) is 0 Å². The SMILES string of the molecule is CCCCCC[C@@H](C)OC(C)c1ccc(O)cc1. The summed E-state index contributed by atoms with van der Waals surface area (Å²) in [5.74, 6) is 0.304. The standard InChI is InChI=1S/C16H26O2/c1-4-5-6-7-8-13(2)18-14(3)15-9-11-16(17)12-10-15/h9-14,17H,4-8H2,1-3H3/t13-,14?/m1/s1. The molecule has 1 unspecified atom stereocenters. The van der Waals surface area contributed by atoms with Crippen LogP contribution >= 0.6 is 0 Å². The van der Waals surface area contributed by atoms with Crippen molar-refractivity contribution < 1.29 is 9.84 Å². The Labute approximate surface area is 111 Å². The molecule has 0 bridgehead atoms. The van der Waals surface area contributed by atoms with Crippen molar-refractivity contribution >= 4 is 0 Å². The molecule has 0 radical (unpaired) electrons. The van der Waals surface area contributed by atoms with Crippen LogP contribution in [0.2, 0.25) is 0 Å². The number of ether oxygens (including phenoxy) is 1. The minimum atomic E-state index is 0.0896. The zero-order valence-electron chi connectivity index (χ0n) is 11.9. The summed E-state index contributed by atoms with van der Waals surface area (Å²) in [5, 5.41) is 9.25. The topological polar surface area (TPSA) is 29.5 Å². The van der Waals surface area contributed by atoms with E-state index in [1.165, 1.54) is 25.7 Å². The second-order valence-corrected chi connectivity index (χ2v) is 5.03. The number of hydrogen-bond donors (Lipinski definition) is 1. The highest BCUT2D eigenvalue weighted by atomic mass is 16.5. The number of aromatic hydroxyl groups is 1. The summed E-state index contributed by atoms with van der Waals surface area (Å²) < 4.78 is 5.97. The summed E-state index contributed by atoms with van der Waals surface area (Å²) in [6, 6.07) is 7.26. The van der Waals surface area contributed by atoms with Crippen molar-refractivity contribution in [3.05, 3.63) is 29.8 Å². The van der Waals surface area contributed by atoms with Crippen molar-refractivity contribution in [1.29, 1.82) is 0 Å². The van der Waals surface area contributed by atoms with Gasteiger partial charge >= 0.3 is 0 Å². The van der Waals surface area contributed by atoms with E-state index >= 15 is 0 Å². The molecule has 0 amide bonds. The molecular weight excluding hydrogens is 224 g/mol. The van der Waals surface area contributed by atoms with Gasteiger partial charge in [-0.2, -0.15) is 0 Å². The molecule has 2 heteroatoms. The molecule has 0 heterocycles. The fourth-order valence-electron chi connectivity index (χ4n) is 2.10. The molecule has 0 saturated heterocycles. The Morgan fingerprint density at radius 2 is 1.72 bits per heavy atom. The van der Waals surface area contributed by atoms with Crippen LogP contribution in [0.5, 0.6) is 5.75 Å². The van der Waals surface area contributed by atoms with Gasteiger partial charge in [-0.3, -0.25) is 0 Å². The Balaban J connectivity index is 2.30. The molecule has 1 aromatic rings. The average molecular weight is 250 g/mol. The second-order valence-electron chi connectivity index (χ2n) is 5.03. The van der Waals surface area contributed by atoms with Crippen LogP contribution in [-0.2, 0) is 4.74 Å². The molecule has 2 nitrogen and oxygen atoms in total. The maximum Gasteiger partial charge on any atom is 0.115 e. The van der Waals surface area contributed by atoms with Gasteiger partial charge in [0.15, 0.2) is 0 Å². The van der Waals surface area contributed by atoms with E-state index in [0.29, 0.717) is 11.9 Å². The third kappa shape index (κ3) is 5.54. The predicted molar refractivity (Wildman–Crippen MR) is 75.8 cm³/mol. The number of hydrogen-bond acceptors (Lipinski definition) is 2. The number of rotatable bonds is 8. The van der Waals surface area contributed by atoms with Crippen molar-refractivity contribution in [2.75, 3.05) is 0 Å². The lowest BCUT2D eigenvalue weighted by Crippen LogP contribution is -2.11. The monoisotopic (exact) mass is 250 g/mol. The molecule has 2 atom stereocenters. The van der Waals surface area contributed by atoms with Gasteiger partial charge in [-0.1, -0.05) is 44.7 Å². The second kappa shape index (κ2) is 8.15. The van der Waals surface area contributed by atoms with Crippen molar-refractivity contribution in [1.82, 2.24) is 0 Å². The first-order valence-corrected chi connectivity index (χ1v) is 7.08. The van der Waals surface area contributed by atoms with Crippen LogP contribution in [-0.4, -0.2) is 11.2 Å². The van der Waals surface area contributed by atoms with Gasteiger partial charge in [-0.15, -0.1) is 0 Å². The van der Waals surface area contributed by atoms with Gasteiger partial charge in [0.05, 0.1) is 12.2 Å². The number of benzene rings is 1. The molecule has 1 N–H and O–H groups in total. The minimum Gasteiger partial charge on any atom is -0.508 e. The first-order valence-electron chi connectivity index (χ1n) is 7.08. The number of phenols is 1. The van der Waals surface area contributed by atoms with Crippen LogP contribution in [0.1, 0.15) is 64.5 Å². The van der Waals surface area contributed by atoms with Gasteiger partial charge in [0.2, 0.25) is 0 Å². The molecule has 0 aliphatic carbocycles. The largest absolute Gasteiger partial charge is 0.508 e. The zero-order valence-corrected chi connectivity index (χ0v) is 11.9. The fraction of sp³-hybridized carbons (Fsp3) is 0.625. The Morgan fingerprint density at radius 3 is 2.33 bits per heavy atom. The van der Waals surface area contributed by atoms with Crippen molar-refractivity contribution in [2.45, 2.75) is 65.1 Å². The molecule has 0 fully saturated rings. The van der Waals surface area contributed by atoms with Crippen LogP contribution in [0.4, 0.5) is 0 Å². The van der Waals surface area contributed by atoms with E-state index in [2.05, 4.69) is 20.8 Å². The van der Waals surface area contributed by atoms with Gasteiger partial charge < -0.3 is 9.84 Å². The summed E-state index contributed by atoms with van der Waals surface area (Å²) in [5.41, 5.74) is 1.12. The Kier molecular flexibility index (Phi) is 6.81.